The van der Waals surface area contributed by atoms with Crippen molar-refractivity contribution in [1.82, 2.24) is 9.97 Å². The van der Waals surface area contributed by atoms with Gasteiger partial charge in [0.2, 0.25) is 0 Å². The number of thioether (sulfide) groups is 1. The van der Waals surface area contributed by atoms with Crippen molar-refractivity contribution in [3.05, 3.63) is 50.5 Å². The summed E-state index contributed by atoms with van der Waals surface area (Å²) < 4.78 is 1.52. The summed E-state index contributed by atoms with van der Waals surface area (Å²) in [7, 11) is 0. The molecule has 2 nitrogen and oxygen atoms in total. The third-order valence-corrected chi connectivity index (χ3v) is 5.36. The van der Waals surface area contributed by atoms with Gasteiger partial charge in [0.1, 0.15) is 10.5 Å². The SMILES string of the molecule is Cc1cccc(SCc2nc(=S)c(Br)c(C(C)(C)C)[nH]2)c1. The van der Waals surface area contributed by atoms with Crippen molar-refractivity contribution in [3.8, 4) is 0 Å². The van der Waals surface area contributed by atoms with Crippen LogP contribution in [-0.2, 0) is 11.2 Å². The summed E-state index contributed by atoms with van der Waals surface area (Å²) >= 11 is 10.7. The van der Waals surface area contributed by atoms with E-state index in [2.05, 4.69) is 77.9 Å². The topological polar surface area (TPSA) is 28.7 Å². The molecule has 0 bridgehead atoms. The number of aromatic amines is 1. The summed E-state index contributed by atoms with van der Waals surface area (Å²) in [6.07, 6.45) is 0. The fourth-order valence-corrected chi connectivity index (χ4v) is 3.83. The summed E-state index contributed by atoms with van der Waals surface area (Å²) in [5.74, 6) is 1.70. The maximum absolute atomic E-state index is 5.36. The van der Waals surface area contributed by atoms with E-state index in [1.807, 2.05) is 0 Å². The first-order chi connectivity index (χ1) is 9.77. The Kier molecular flexibility index (Phi) is 5.28. The molecule has 0 fully saturated rings. The van der Waals surface area contributed by atoms with Gasteiger partial charge < -0.3 is 4.98 Å². The van der Waals surface area contributed by atoms with E-state index in [4.69, 9.17) is 12.2 Å². The zero-order valence-corrected chi connectivity index (χ0v) is 15.9. The Bertz CT molecular complexity index is 702. The van der Waals surface area contributed by atoms with E-state index in [1.165, 1.54) is 10.5 Å². The van der Waals surface area contributed by atoms with Crippen molar-refractivity contribution in [1.29, 1.82) is 0 Å². The standard InChI is InChI=1S/C16H19BrN2S2/c1-10-6-5-7-11(8-10)21-9-12-18-14(16(2,3)4)13(17)15(20)19-12/h5-8H,9H2,1-4H3,(H,18,19,20). The lowest BCUT2D eigenvalue weighted by atomic mass is 9.92. The predicted octanol–water partition coefficient (Wildman–Crippen LogP) is 5.80. The van der Waals surface area contributed by atoms with Crippen molar-refractivity contribution < 1.29 is 0 Å². The van der Waals surface area contributed by atoms with Gasteiger partial charge in [-0.3, -0.25) is 0 Å². The molecule has 2 aromatic rings. The molecule has 112 valence electrons. The quantitative estimate of drug-likeness (QED) is 0.536. The minimum atomic E-state index is -0.00190. The Morgan fingerprint density at radius 3 is 2.67 bits per heavy atom. The van der Waals surface area contributed by atoms with Gasteiger partial charge in [-0.15, -0.1) is 11.8 Å². The zero-order valence-electron chi connectivity index (χ0n) is 12.7. The summed E-state index contributed by atoms with van der Waals surface area (Å²) in [5.41, 5.74) is 2.37. The Morgan fingerprint density at radius 1 is 1.33 bits per heavy atom. The molecule has 5 heteroatoms. The van der Waals surface area contributed by atoms with Gasteiger partial charge in [0, 0.05) is 16.0 Å². The van der Waals surface area contributed by atoms with Crippen LogP contribution in [0, 0.1) is 11.6 Å². The molecule has 2 rings (SSSR count). The molecular formula is C16H19BrN2S2. The third-order valence-electron chi connectivity index (χ3n) is 3.03. The molecule has 0 amide bonds. The van der Waals surface area contributed by atoms with Crippen LogP contribution >= 0.6 is 39.9 Å². The van der Waals surface area contributed by atoms with Crippen molar-refractivity contribution in [2.24, 2.45) is 0 Å². The van der Waals surface area contributed by atoms with Crippen molar-refractivity contribution in [3.63, 3.8) is 0 Å². The van der Waals surface area contributed by atoms with E-state index >= 15 is 0 Å². The lowest BCUT2D eigenvalue weighted by Gasteiger charge is -2.21. The number of halogens is 1. The van der Waals surface area contributed by atoms with Gasteiger partial charge in [0.05, 0.1) is 10.2 Å². The summed E-state index contributed by atoms with van der Waals surface area (Å²) in [4.78, 5) is 9.16. The second kappa shape index (κ2) is 6.63. The van der Waals surface area contributed by atoms with Gasteiger partial charge in [-0.2, -0.15) is 0 Å². The highest BCUT2D eigenvalue weighted by atomic mass is 79.9. The van der Waals surface area contributed by atoms with E-state index in [-0.39, 0.29) is 5.41 Å². The van der Waals surface area contributed by atoms with Crippen LogP contribution in [0.2, 0.25) is 0 Å². The number of benzene rings is 1. The van der Waals surface area contributed by atoms with Crippen molar-refractivity contribution >= 4 is 39.9 Å². The molecule has 0 saturated heterocycles. The Hall–Kier alpha value is -0.650. The molecule has 1 heterocycles. The number of nitrogens with zero attached hydrogens (tertiary/aromatic N) is 1. The normalized spacial score (nSPS) is 11.7. The van der Waals surface area contributed by atoms with E-state index in [0.717, 1.165) is 21.7 Å². The van der Waals surface area contributed by atoms with Crippen LogP contribution in [-0.4, -0.2) is 9.97 Å². The van der Waals surface area contributed by atoms with Crippen LogP contribution in [0.25, 0.3) is 0 Å². The highest BCUT2D eigenvalue weighted by Gasteiger charge is 2.20. The molecule has 1 aromatic carbocycles. The first-order valence-corrected chi connectivity index (χ1v) is 8.94. The number of H-pyrrole nitrogens is 1. The maximum atomic E-state index is 5.36. The number of hydrogen-bond acceptors (Lipinski definition) is 3. The maximum Gasteiger partial charge on any atom is 0.144 e. The third kappa shape index (κ3) is 4.41. The summed E-state index contributed by atoms with van der Waals surface area (Å²) in [6.45, 7) is 8.59. The predicted molar refractivity (Wildman–Crippen MR) is 96.6 cm³/mol. The fourth-order valence-electron chi connectivity index (χ4n) is 1.95. The molecule has 0 atom stereocenters. The molecule has 0 aliphatic rings. The number of hydrogen-bond donors (Lipinski definition) is 1. The monoisotopic (exact) mass is 382 g/mol. The van der Waals surface area contributed by atoms with Gasteiger partial charge in [0.15, 0.2) is 0 Å². The highest BCUT2D eigenvalue weighted by molar-refractivity contribution is 9.10. The fraction of sp³-hybridized carbons (Fsp3) is 0.375. The highest BCUT2D eigenvalue weighted by Crippen LogP contribution is 2.29. The van der Waals surface area contributed by atoms with Crippen LogP contribution in [0.1, 0.15) is 37.9 Å². The minimum absolute atomic E-state index is 0.00190. The molecule has 1 N–H and O–H groups in total. The molecule has 0 aliphatic carbocycles. The van der Waals surface area contributed by atoms with Gasteiger partial charge >= 0.3 is 0 Å². The van der Waals surface area contributed by atoms with E-state index in [1.54, 1.807) is 11.8 Å². The molecule has 0 saturated carbocycles. The van der Waals surface area contributed by atoms with Gasteiger partial charge in [-0.05, 0) is 35.0 Å². The zero-order chi connectivity index (χ0) is 15.6. The molecule has 0 unspecified atom stereocenters. The smallest absolute Gasteiger partial charge is 0.144 e. The summed E-state index contributed by atoms with van der Waals surface area (Å²) in [5, 5.41) is 0. The second-order valence-electron chi connectivity index (χ2n) is 6.03. The van der Waals surface area contributed by atoms with E-state index in [0.29, 0.717) is 4.64 Å². The van der Waals surface area contributed by atoms with E-state index < -0.39 is 0 Å². The van der Waals surface area contributed by atoms with Crippen LogP contribution in [0.5, 0.6) is 0 Å². The molecule has 0 aliphatic heterocycles. The van der Waals surface area contributed by atoms with Crippen molar-refractivity contribution in [2.75, 3.05) is 0 Å². The average molecular weight is 383 g/mol. The van der Waals surface area contributed by atoms with E-state index in [9.17, 15) is 0 Å². The minimum Gasteiger partial charge on any atom is -0.345 e. The molecule has 0 radical (unpaired) electrons. The lowest BCUT2D eigenvalue weighted by molar-refractivity contribution is 0.559. The van der Waals surface area contributed by atoms with Gasteiger partial charge in [-0.25, -0.2) is 4.98 Å². The number of nitrogens with one attached hydrogen (secondary N) is 1. The number of aromatic nitrogens is 2. The van der Waals surface area contributed by atoms with Crippen molar-refractivity contribution in [2.45, 2.75) is 43.8 Å². The summed E-state index contributed by atoms with van der Waals surface area (Å²) in [6, 6.07) is 8.49. The first-order valence-electron chi connectivity index (χ1n) is 6.76. The van der Waals surface area contributed by atoms with Crippen LogP contribution in [0.4, 0.5) is 0 Å². The molecule has 0 spiro atoms. The Balaban J connectivity index is 2.25. The van der Waals surface area contributed by atoms with Crippen LogP contribution in [0.3, 0.4) is 0 Å². The Morgan fingerprint density at radius 2 is 2.05 bits per heavy atom. The molecule has 21 heavy (non-hydrogen) atoms. The van der Waals surface area contributed by atoms with Gasteiger partial charge in [0.25, 0.3) is 0 Å². The average Bonchev–Trinajstić information content (AvgIpc) is 2.38. The number of aryl methyl sites for hydroxylation is 1. The van der Waals surface area contributed by atoms with Crippen LogP contribution < -0.4 is 0 Å². The number of rotatable bonds is 3. The first kappa shape index (κ1) is 16.7. The largest absolute Gasteiger partial charge is 0.345 e. The lowest BCUT2D eigenvalue weighted by Crippen LogP contribution is -2.16. The molecule has 1 aromatic heterocycles. The van der Waals surface area contributed by atoms with Gasteiger partial charge in [-0.1, -0.05) is 50.7 Å². The second-order valence-corrected chi connectivity index (χ2v) is 8.26. The molecular weight excluding hydrogens is 364 g/mol. The Labute approximate surface area is 143 Å². The van der Waals surface area contributed by atoms with Crippen LogP contribution in [0.15, 0.2) is 33.6 Å².